The third-order valence-corrected chi connectivity index (χ3v) is 5.53. The Kier molecular flexibility index (Phi) is 5.66. The minimum absolute atomic E-state index is 0.303. The number of ether oxygens (including phenoxy) is 1. The summed E-state index contributed by atoms with van der Waals surface area (Å²) in [6.45, 7) is 1.35. The van der Waals surface area contributed by atoms with Gasteiger partial charge in [0.2, 0.25) is 5.95 Å². The van der Waals surface area contributed by atoms with Crippen LogP contribution in [0.4, 0.5) is 21.8 Å². The van der Waals surface area contributed by atoms with Gasteiger partial charge in [0.1, 0.15) is 23.2 Å². The predicted octanol–water partition coefficient (Wildman–Crippen LogP) is 3.33. The maximum Gasteiger partial charge on any atom is 0.214 e. The van der Waals surface area contributed by atoms with Crippen LogP contribution in [0.2, 0.25) is 0 Å². The number of aliphatic hydroxyl groups excluding tert-OH is 1. The molecule has 33 heavy (non-hydrogen) atoms. The molecular formula is C23H22FN7O2. The topological polar surface area (TPSA) is 109 Å². The van der Waals surface area contributed by atoms with Gasteiger partial charge in [0.05, 0.1) is 36.5 Å². The van der Waals surface area contributed by atoms with Crippen molar-refractivity contribution < 1.29 is 14.2 Å². The molecule has 0 unspecified atom stereocenters. The van der Waals surface area contributed by atoms with Gasteiger partial charge in [-0.1, -0.05) is 6.07 Å². The Balaban J connectivity index is 1.57. The summed E-state index contributed by atoms with van der Waals surface area (Å²) in [5, 5.41) is 13.7. The summed E-state index contributed by atoms with van der Waals surface area (Å²) in [5.74, 6) is 2.08. The van der Waals surface area contributed by atoms with E-state index in [0.717, 1.165) is 16.8 Å². The molecule has 0 amide bonds. The Bertz CT molecular complexity index is 1300. The molecular weight excluding hydrogens is 425 g/mol. The van der Waals surface area contributed by atoms with Gasteiger partial charge in [-0.15, -0.1) is 0 Å². The molecule has 2 N–H and O–H groups in total. The fourth-order valence-corrected chi connectivity index (χ4v) is 3.87. The van der Waals surface area contributed by atoms with Crippen LogP contribution in [0.5, 0.6) is 5.75 Å². The van der Waals surface area contributed by atoms with Crippen LogP contribution in [0.3, 0.4) is 0 Å². The molecule has 0 atom stereocenters. The number of methoxy groups -OCH3 is 1. The molecule has 10 heteroatoms. The molecule has 1 aliphatic rings. The second-order valence-electron chi connectivity index (χ2n) is 7.73. The molecule has 4 aromatic rings. The van der Waals surface area contributed by atoms with Gasteiger partial charge < -0.3 is 20.1 Å². The van der Waals surface area contributed by atoms with E-state index >= 15 is 0 Å². The molecule has 0 spiro atoms. The maximum absolute atomic E-state index is 13.4. The van der Waals surface area contributed by atoms with Crippen LogP contribution < -0.4 is 15.0 Å². The lowest BCUT2D eigenvalue weighted by atomic mass is 10.1. The standard InChI is InChI=1S/C23H22FN7O2/c1-33-17-13-25-12-16-21(17)23(31-9-6-15(32)7-10-31)30-22(27-16)14-5-8-26-20(11-14)29-19-4-2-3-18(24)28-19/h2-5,8,11-13,15,32H,6-7,9-10H2,1H3,(H,26,28,29). The Morgan fingerprint density at radius 1 is 1.09 bits per heavy atom. The van der Waals surface area contributed by atoms with E-state index < -0.39 is 5.95 Å². The minimum atomic E-state index is -0.577. The highest BCUT2D eigenvalue weighted by Gasteiger charge is 2.23. The average Bonchev–Trinajstić information content (AvgIpc) is 2.83. The van der Waals surface area contributed by atoms with Gasteiger partial charge >= 0.3 is 0 Å². The van der Waals surface area contributed by atoms with Crippen molar-refractivity contribution in [1.82, 2.24) is 24.9 Å². The second kappa shape index (κ2) is 8.91. The summed E-state index contributed by atoms with van der Waals surface area (Å²) in [7, 11) is 1.59. The molecule has 0 aliphatic carbocycles. The quantitative estimate of drug-likeness (QED) is 0.445. The number of fused-ring (bicyclic) bond motifs is 1. The Morgan fingerprint density at radius 3 is 2.73 bits per heavy atom. The first-order valence-corrected chi connectivity index (χ1v) is 10.6. The number of piperidine rings is 1. The molecule has 5 rings (SSSR count). The SMILES string of the molecule is COc1cncc2nc(-c3ccnc(Nc4cccc(F)n4)c3)nc(N3CCC(O)CC3)c12. The van der Waals surface area contributed by atoms with E-state index in [0.29, 0.717) is 54.7 Å². The number of nitrogens with zero attached hydrogens (tertiary/aromatic N) is 6. The highest BCUT2D eigenvalue weighted by atomic mass is 19.1. The number of anilines is 3. The van der Waals surface area contributed by atoms with E-state index in [-0.39, 0.29) is 6.10 Å². The smallest absolute Gasteiger partial charge is 0.214 e. The van der Waals surface area contributed by atoms with Crippen molar-refractivity contribution in [3.05, 3.63) is 54.9 Å². The van der Waals surface area contributed by atoms with Gasteiger partial charge in [0, 0.05) is 24.8 Å². The molecule has 1 saturated heterocycles. The summed E-state index contributed by atoms with van der Waals surface area (Å²) < 4.78 is 19.0. The average molecular weight is 447 g/mol. The highest BCUT2D eigenvalue weighted by Crippen LogP contribution is 2.35. The van der Waals surface area contributed by atoms with Crippen LogP contribution in [-0.4, -0.2) is 56.3 Å². The molecule has 5 heterocycles. The van der Waals surface area contributed by atoms with Gasteiger partial charge in [-0.3, -0.25) is 4.98 Å². The summed E-state index contributed by atoms with van der Waals surface area (Å²) in [4.78, 5) is 24.1. The molecule has 0 bridgehead atoms. The number of hydrogen-bond acceptors (Lipinski definition) is 9. The number of pyridine rings is 3. The molecule has 0 saturated carbocycles. The number of aromatic nitrogens is 5. The number of aliphatic hydroxyl groups is 1. The second-order valence-corrected chi connectivity index (χ2v) is 7.73. The van der Waals surface area contributed by atoms with Gasteiger partial charge in [0.25, 0.3) is 0 Å². The highest BCUT2D eigenvalue weighted by molar-refractivity contribution is 5.95. The Hall–Kier alpha value is -3.92. The molecule has 1 aliphatic heterocycles. The molecule has 0 aromatic carbocycles. The third kappa shape index (κ3) is 4.37. The van der Waals surface area contributed by atoms with Crippen LogP contribution in [0.1, 0.15) is 12.8 Å². The predicted molar refractivity (Wildman–Crippen MR) is 122 cm³/mol. The van der Waals surface area contributed by atoms with E-state index in [1.807, 2.05) is 6.07 Å². The maximum atomic E-state index is 13.4. The van der Waals surface area contributed by atoms with Crippen molar-refractivity contribution in [3.63, 3.8) is 0 Å². The van der Waals surface area contributed by atoms with Crippen molar-refractivity contribution in [2.24, 2.45) is 0 Å². The van der Waals surface area contributed by atoms with Gasteiger partial charge in [-0.05, 0) is 37.1 Å². The van der Waals surface area contributed by atoms with Crippen molar-refractivity contribution in [2.75, 3.05) is 30.4 Å². The number of hydrogen-bond donors (Lipinski definition) is 2. The molecule has 1 fully saturated rings. The van der Waals surface area contributed by atoms with Crippen molar-refractivity contribution >= 4 is 28.4 Å². The van der Waals surface area contributed by atoms with Crippen LogP contribution >= 0.6 is 0 Å². The van der Waals surface area contributed by atoms with E-state index in [1.165, 1.54) is 6.07 Å². The summed E-state index contributed by atoms with van der Waals surface area (Å²) in [6, 6.07) is 8.10. The Morgan fingerprint density at radius 2 is 1.94 bits per heavy atom. The zero-order valence-corrected chi connectivity index (χ0v) is 17.9. The van der Waals surface area contributed by atoms with Crippen molar-refractivity contribution in [3.8, 4) is 17.1 Å². The van der Waals surface area contributed by atoms with Crippen LogP contribution in [-0.2, 0) is 0 Å². The van der Waals surface area contributed by atoms with E-state index in [4.69, 9.17) is 14.7 Å². The van der Waals surface area contributed by atoms with E-state index in [1.54, 1.807) is 43.9 Å². The van der Waals surface area contributed by atoms with Crippen molar-refractivity contribution in [1.29, 1.82) is 0 Å². The first-order chi connectivity index (χ1) is 16.1. The zero-order chi connectivity index (χ0) is 22.8. The fourth-order valence-electron chi connectivity index (χ4n) is 3.87. The minimum Gasteiger partial charge on any atom is -0.494 e. The first-order valence-electron chi connectivity index (χ1n) is 10.6. The molecule has 9 nitrogen and oxygen atoms in total. The lowest BCUT2D eigenvalue weighted by Gasteiger charge is -2.31. The summed E-state index contributed by atoms with van der Waals surface area (Å²) in [6.07, 6.45) is 5.99. The largest absolute Gasteiger partial charge is 0.494 e. The van der Waals surface area contributed by atoms with Gasteiger partial charge in [0.15, 0.2) is 5.82 Å². The monoisotopic (exact) mass is 447 g/mol. The summed E-state index contributed by atoms with van der Waals surface area (Å²) in [5.41, 5.74) is 1.38. The molecule has 4 aromatic heterocycles. The van der Waals surface area contributed by atoms with Crippen LogP contribution in [0.15, 0.2) is 48.9 Å². The van der Waals surface area contributed by atoms with Gasteiger partial charge in [-0.25, -0.2) is 19.9 Å². The number of nitrogens with one attached hydrogen (secondary N) is 1. The fraction of sp³-hybridized carbons (Fsp3) is 0.261. The van der Waals surface area contributed by atoms with Crippen molar-refractivity contribution in [2.45, 2.75) is 18.9 Å². The normalized spacial score (nSPS) is 14.5. The lowest BCUT2D eigenvalue weighted by Crippen LogP contribution is -2.36. The van der Waals surface area contributed by atoms with Gasteiger partial charge in [-0.2, -0.15) is 4.39 Å². The van der Waals surface area contributed by atoms with Crippen LogP contribution in [0, 0.1) is 5.95 Å². The van der Waals surface area contributed by atoms with Crippen LogP contribution in [0.25, 0.3) is 22.3 Å². The van der Waals surface area contributed by atoms with E-state index in [2.05, 4.69) is 25.2 Å². The Labute approximate surface area is 189 Å². The lowest BCUT2D eigenvalue weighted by molar-refractivity contribution is 0.145. The molecule has 0 radical (unpaired) electrons. The number of halogens is 1. The third-order valence-electron chi connectivity index (χ3n) is 5.53. The van der Waals surface area contributed by atoms with E-state index in [9.17, 15) is 9.50 Å². The number of rotatable bonds is 5. The zero-order valence-electron chi connectivity index (χ0n) is 17.9. The first kappa shape index (κ1) is 21.0. The summed E-state index contributed by atoms with van der Waals surface area (Å²) >= 11 is 0. The molecule has 168 valence electrons.